The van der Waals surface area contributed by atoms with Crippen LogP contribution in [-0.2, 0) is 67.7 Å². The van der Waals surface area contributed by atoms with E-state index in [1.165, 1.54) is 64.2 Å². The van der Waals surface area contributed by atoms with E-state index in [1.54, 1.807) is 57.7 Å². The van der Waals surface area contributed by atoms with Gasteiger partial charge in [-0.3, -0.25) is 24.1 Å². The Labute approximate surface area is 645 Å². The second kappa shape index (κ2) is 38.5. The van der Waals surface area contributed by atoms with Crippen LogP contribution in [-0.4, -0.2) is 105 Å². The molecule has 2 aromatic carbocycles. The van der Waals surface area contributed by atoms with Crippen molar-refractivity contribution in [2.75, 3.05) is 6.54 Å². The molecule has 0 unspecified atom stereocenters. The number of H-pyrrole nitrogens is 1. The Bertz CT molecular complexity index is 3500. The summed E-state index contributed by atoms with van der Waals surface area (Å²) in [6.45, 7) is 21.3. The predicted molar refractivity (Wildman–Crippen MR) is 396 cm³/mol. The normalized spacial score (nSPS) is 20.1. The molecule has 592 valence electrons. The van der Waals surface area contributed by atoms with E-state index in [9.17, 15) is 67.1 Å². The van der Waals surface area contributed by atoms with Gasteiger partial charge in [-0.05, 0) is 251 Å². The summed E-state index contributed by atoms with van der Waals surface area (Å²) in [6.07, 6.45) is 11.1. The second-order valence-corrected chi connectivity index (χ2v) is 37.1. The number of carbonyl (C=O) groups excluding carboxylic acids is 3. The van der Waals surface area contributed by atoms with Crippen LogP contribution in [0.5, 0.6) is 0 Å². The molecular weight excluding hydrogens is 1630 g/mol. The van der Waals surface area contributed by atoms with Crippen molar-refractivity contribution in [3.05, 3.63) is 133 Å². The van der Waals surface area contributed by atoms with Gasteiger partial charge in [0.1, 0.15) is 24.2 Å². The van der Waals surface area contributed by atoms with E-state index < -0.39 is 92.1 Å². The first kappa shape index (κ1) is 90.9. The van der Waals surface area contributed by atoms with E-state index in [0.29, 0.717) is 54.9 Å². The van der Waals surface area contributed by atoms with Crippen LogP contribution in [0, 0.1) is 29.1 Å². The number of carbonyl (C=O) groups is 3. The van der Waals surface area contributed by atoms with Crippen LogP contribution in [0.4, 0.5) is 52.7 Å². The van der Waals surface area contributed by atoms with Crippen molar-refractivity contribution in [1.82, 2.24) is 35.1 Å². The average Bonchev–Trinajstić information content (AvgIpc) is 1.69. The number of Topliss-reactive ketones (excluding diaryl/α,β-unsaturated/α-hetero) is 1. The molecule has 0 bridgehead atoms. The Morgan fingerprint density at radius 3 is 1.28 bits per heavy atom. The molecule has 3 saturated carbocycles. The van der Waals surface area contributed by atoms with Gasteiger partial charge in [-0.25, -0.2) is 0 Å². The molecule has 6 fully saturated rings. The molecule has 3 aliphatic carbocycles. The average molecular weight is 1730 g/mol. The van der Waals surface area contributed by atoms with Crippen LogP contribution in [0.15, 0.2) is 99.1 Å². The number of aromatic amines is 1. The van der Waals surface area contributed by atoms with Gasteiger partial charge in [0, 0.05) is 37.5 Å². The fraction of sp³-hybridized carbons (Fsp3) is 0.630. The highest BCUT2D eigenvalue weighted by atomic mass is 79.9. The zero-order valence-corrected chi connectivity index (χ0v) is 67.9. The van der Waals surface area contributed by atoms with E-state index in [1.807, 2.05) is 83.2 Å². The van der Waals surface area contributed by atoms with Crippen molar-refractivity contribution < 1.29 is 90.1 Å². The molecule has 6 aliphatic rings. The third-order valence-corrected chi connectivity index (χ3v) is 27.4. The summed E-state index contributed by atoms with van der Waals surface area (Å²) in [5.74, 6) is 1.45. The Hall–Kier alpha value is -4.98. The van der Waals surface area contributed by atoms with Crippen LogP contribution in [0.2, 0.25) is 18.1 Å². The third-order valence-electron chi connectivity index (χ3n) is 21.6. The lowest BCUT2D eigenvalue weighted by molar-refractivity contribution is -0.144. The van der Waals surface area contributed by atoms with Crippen molar-refractivity contribution in [3.63, 3.8) is 0 Å². The van der Waals surface area contributed by atoms with Gasteiger partial charge in [-0.2, -0.15) is 73.2 Å². The number of halogens is 15. The highest BCUT2D eigenvalue weighted by molar-refractivity contribution is 9.11. The molecule has 2 N–H and O–H groups in total. The van der Waals surface area contributed by atoms with E-state index in [4.69, 9.17) is 28.3 Å². The van der Waals surface area contributed by atoms with Crippen LogP contribution in [0.25, 0.3) is 0 Å². The minimum atomic E-state index is -5.33. The van der Waals surface area contributed by atoms with Gasteiger partial charge in [0.05, 0.1) is 88.8 Å². The van der Waals surface area contributed by atoms with Crippen molar-refractivity contribution in [1.29, 1.82) is 5.26 Å². The van der Waals surface area contributed by atoms with Gasteiger partial charge in [-0.1, -0.05) is 65.4 Å². The number of nitriles is 1. The fourth-order valence-electron chi connectivity index (χ4n) is 14.0. The number of ketones is 1. The minimum absolute atomic E-state index is 0.00316. The number of rotatable bonds is 19. The first-order valence-electron chi connectivity index (χ1n) is 36.1. The standard InChI is InChI=1S/C27H29F12NOSi.C12H24B2O4.C12H14BrN3O.C11H15BrN2O.C8H12O.C3H3BrN2/c1-4-42(5-2,6-3)41-23(22-8-7-9-40-22,16-10-18(24(28,29)30)14-19(11-16)25(31,32)33)17-12-20(26(34,35)36)15-21(13-17)27(37,38)39;1-9(2)10(3,4)16-13(15-9)14-17-11(5,6)12(7,8)18-14;13-10-7-15-16(8-10)12(5-11(17)6-14)9-3-1-2-4-9;12-10-7-13-14(8-10)11(5-6-15)9-3-1-2-4-9;9-7-3-6-8-4-1-2-5-8;4-3-1-5-6-2-3/h10-15,22,40H,4-9H2,1-3H3;1-8H3;7-9,12H,1-5H2;6-9,11H,1-5H2;3,6-8H,1-2,4-5H2;1-2H,(H,5,6)/b;;;;6-3+;/t22-;;12-;11-;;/m1.11../s1. The lowest BCUT2D eigenvalue weighted by Crippen LogP contribution is -2.55. The molecule has 34 heteroatoms. The number of allylic oxidation sites excluding steroid dienone is 2. The van der Waals surface area contributed by atoms with Gasteiger partial charge in [0.25, 0.3) is 0 Å². The monoisotopic (exact) mass is 1730 g/mol. The molecule has 11 rings (SSSR count). The molecule has 0 amide bonds. The quantitative estimate of drug-likeness (QED) is 0.0261. The molecule has 3 saturated heterocycles. The molecule has 3 aromatic heterocycles. The van der Waals surface area contributed by atoms with Crippen LogP contribution in [0.3, 0.4) is 0 Å². The summed E-state index contributed by atoms with van der Waals surface area (Å²) < 4.78 is 205. The lowest BCUT2D eigenvalue weighted by atomic mass is 9.49. The fourth-order valence-corrected chi connectivity index (χ4v) is 17.8. The first-order valence-corrected chi connectivity index (χ1v) is 41.0. The van der Waals surface area contributed by atoms with Crippen molar-refractivity contribution in [2.24, 2.45) is 17.8 Å². The summed E-state index contributed by atoms with van der Waals surface area (Å²) in [6, 6.07) is 2.53. The van der Waals surface area contributed by atoms with Gasteiger partial charge in [0.2, 0.25) is 5.78 Å². The maximum atomic E-state index is 14.0. The summed E-state index contributed by atoms with van der Waals surface area (Å²) in [5, 5.41) is 26.4. The summed E-state index contributed by atoms with van der Waals surface area (Å²) in [5.41, 5.74) is -12.7. The SMILES string of the molecule is Brc1cn[nH]c1.CC1(C)OB(B2OC(C)(C)C(C)(C)O2)OC1(C)C.CC[Si](CC)(CC)OC(c1cc(C(F)(F)F)cc(C(F)(F)F)c1)(c1cc(C(F)(F)F)cc(C(F)(F)F)c1)[C@H]1CCCN1.N#CC(=O)C[C@H](C1CCCC1)n1cc(Br)cn1.O=C/C=C/C1CCCC1.O=CC[C@H](C1CCCC1)n1cc(Br)cn1. The zero-order valence-electron chi connectivity index (χ0n) is 62.1. The maximum Gasteiger partial charge on any atom is 0.488 e. The summed E-state index contributed by atoms with van der Waals surface area (Å²) >= 11 is 9.94. The smallest absolute Gasteiger partial charge is 0.405 e. The Kier molecular flexibility index (Phi) is 32.7. The second-order valence-electron chi connectivity index (χ2n) is 29.7. The third kappa shape index (κ3) is 24.8. The Morgan fingerprint density at radius 2 is 0.981 bits per heavy atom. The number of hydrogen-bond acceptors (Lipinski definition) is 13. The molecular formula is C73H97B2Br3F12N8O8Si. The molecule has 5 aromatic rings. The molecule has 3 aliphatic heterocycles. The van der Waals surface area contributed by atoms with Gasteiger partial charge < -0.3 is 33.2 Å². The van der Waals surface area contributed by atoms with Crippen molar-refractivity contribution >= 4 is 88.5 Å². The molecule has 3 atom stereocenters. The topological polar surface area (TPSA) is 198 Å². The van der Waals surface area contributed by atoms with E-state index in [2.05, 4.69) is 73.5 Å². The number of nitrogens with zero attached hydrogens (tertiary/aromatic N) is 6. The van der Waals surface area contributed by atoms with E-state index in [-0.39, 0.29) is 89.9 Å². The van der Waals surface area contributed by atoms with Gasteiger partial charge in [0.15, 0.2) is 8.32 Å². The van der Waals surface area contributed by atoms with Crippen LogP contribution >= 0.6 is 47.8 Å². The number of aromatic nitrogens is 6. The highest BCUT2D eigenvalue weighted by Gasteiger charge is 2.64. The zero-order chi connectivity index (χ0) is 79.8. The maximum absolute atomic E-state index is 14.0. The molecule has 0 spiro atoms. The Morgan fingerprint density at radius 1 is 0.598 bits per heavy atom. The number of benzene rings is 2. The van der Waals surface area contributed by atoms with E-state index >= 15 is 0 Å². The van der Waals surface area contributed by atoms with E-state index in [0.717, 1.165) is 38.8 Å². The number of nitrogens with one attached hydrogen (secondary N) is 2. The first-order chi connectivity index (χ1) is 49.8. The van der Waals surface area contributed by atoms with Crippen molar-refractivity contribution in [2.45, 2.75) is 268 Å². The number of aldehydes is 2. The highest BCUT2D eigenvalue weighted by Crippen LogP contribution is 2.51. The van der Waals surface area contributed by atoms with Crippen molar-refractivity contribution in [3.8, 4) is 6.07 Å². The van der Waals surface area contributed by atoms with Crippen LogP contribution in [0.1, 0.15) is 224 Å². The number of alkyl halides is 12. The summed E-state index contributed by atoms with van der Waals surface area (Å²) in [4.78, 5) is 31.9. The minimum Gasteiger partial charge on any atom is -0.405 e. The largest absolute Gasteiger partial charge is 0.488 e. The molecule has 0 radical (unpaired) electrons. The summed E-state index contributed by atoms with van der Waals surface area (Å²) in [7, 11) is -4.16. The predicted octanol–water partition coefficient (Wildman–Crippen LogP) is 21.0. The van der Waals surface area contributed by atoms with Gasteiger partial charge in [-0.15, -0.1) is 0 Å². The lowest BCUT2D eigenvalue weighted by Gasteiger charge is -2.47. The molecule has 6 heterocycles. The Balaban J connectivity index is 0.000000226. The van der Waals surface area contributed by atoms with Gasteiger partial charge >= 0.3 is 38.7 Å². The molecule has 107 heavy (non-hydrogen) atoms. The number of hydrogen-bond donors (Lipinski definition) is 2. The van der Waals surface area contributed by atoms with Crippen LogP contribution < -0.4 is 5.32 Å². The molecule has 16 nitrogen and oxygen atoms in total.